The maximum absolute atomic E-state index is 5.86. The number of nitrogens with two attached hydrogens (primary N) is 1. The van der Waals surface area contributed by atoms with Gasteiger partial charge in [-0.25, -0.2) is 5.43 Å². The van der Waals surface area contributed by atoms with E-state index in [-0.39, 0.29) is 12.1 Å². The molecule has 0 spiro atoms. The molecule has 4 heteroatoms. The van der Waals surface area contributed by atoms with Gasteiger partial charge in [0.25, 0.3) is 0 Å². The SMILES string of the molecule is CC(C)Oc1cccc(C2NNC(C)C2CN)c1. The molecule has 0 aliphatic carbocycles. The highest BCUT2D eigenvalue weighted by atomic mass is 16.5. The van der Waals surface area contributed by atoms with Gasteiger partial charge in [0.15, 0.2) is 0 Å². The van der Waals surface area contributed by atoms with E-state index in [1.807, 2.05) is 26.0 Å². The molecular weight excluding hydrogens is 226 g/mol. The topological polar surface area (TPSA) is 59.3 Å². The van der Waals surface area contributed by atoms with Gasteiger partial charge in [0, 0.05) is 12.0 Å². The van der Waals surface area contributed by atoms with Crippen molar-refractivity contribution in [3.8, 4) is 5.75 Å². The maximum atomic E-state index is 5.86. The summed E-state index contributed by atoms with van der Waals surface area (Å²) >= 11 is 0. The van der Waals surface area contributed by atoms with Crippen molar-refractivity contribution in [1.82, 2.24) is 10.9 Å². The lowest BCUT2D eigenvalue weighted by atomic mass is 9.90. The Balaban J connectivity index is 2.17. The van der Waals surface area contributed by atoms with E-state index in [4.69, 9.17) is 10.5 Å². The fourth-order valence-corrected chi connectivity index (χ4v) is 2.45. The predicted octanol–water partition coefficient (Wildman–Crippen LogP) is 1.59. The molecule has 1 saturated heterocycles. The molecule has 0 amide bonds. The van der Waals surface area contributed by atoms with Crippen LogP contribution in [0.5, 0.6) is 5.75 Å². The molecule has 0 radical (unpaired) electrons. The van der Waals surface area contributed by atoms with Crippen molar-refractivity contribution in [2.24, 2.45) is 11.7 Å². The molecule has 0 bridgehead atoms. The first-order chi connectivity index (χ1) is 8.61. The number of hydrogen-bond donors (Lipinski definition) is 3. The number of rotatable bonds is 4. The quantitative estimate of drug-likeness (QED) is 0.758. The van der Waals surface area contributed by atoms with Crippen LogP contribution in [0.4, 0.5) is 0 Å². The Morgan fingerprint density at radius 1 is 1.33 bits per heavy atom. The third kappa shape index (κ3) is 2.83. The fourth-order valence-electron chi connectivity index (χ4n) is 2.45. The molecule has 0 aromatic heterocycles. The van der Waals surface area contributed by atoms with Gasteiger partial charge in [0.05, 0.1) is 12.1 Å². The van der Waals surface area contributed by atoms with Crippen molar-refractivity contribution in [1.29, 1.82) is 0 Å². The molecule has 3 unspecified atom stereocenters. The molecule has 1 aliphatic rings. The summed E-state index contributed by atoms with van der Waals surface area (Å²) in [6, 6.07) is 8.88. The molecule has 4 N–H and O–H groups in total. The van der Waals surface area contributed by atoms with Crippen LogP contribution >= 0.6 is 0 Å². The molecule has 2 rings (SSSR count). The van der Waals surface area contributed by atoms with E-state index in [1.54, 1.807) is 0 Å². The highest BCUT2D eigenvalue weighted by Gasteiger charge is 2.32. The van der Waals surface area contributed by atoms with E-state index in [2.05, 4.69) is 29.9 Å². The average molecular weight is 249 g/mol. The molecule has 18 heavy (non-hydrogen) atoms. The van der Waals surface area contributed by atoms with Crippen LogP contribution in [0.15, 0.2) is 24.3 Å². The van der Waals surface area contributed by atoms with Crippen LogP contribution in [0.3, 0.4) is 0 Å². The summed E-state index contributed by atoms with van der Waals surface area (Å²) < 4.78 is 5.73. The Bertz CT molecular complexity index is 394. The molecule has 1 fully saturated rings. The maximum Gasteiger partial charge on any atom is 0.120 e. The van der Waals surface area contributed by atoms with Gasteiger partial charge in [0.1, 0.15) is 5.75 Å². The van der Waals surface area contributed by atoms with E-state index in [9.17, 15) is 0 Å². The lowest BCUT2D eigenvalue weighted by molar-refractivity contribution is 0.242. The largest absolute Gasteiger partial charge is 0.491 e. The summed E-state index contributed by atoms with van der Waals surface area (Å²) in [5.41, 5.74) is 13.7. The lowest BCUT2D eigenvalue weighted by Crippen LogP contribution is -2.30. The molecule has 4 nitrogen and oxygen atoms in total. The summed E-state index contributed by atoms with van der Waals surface area (Å²) in [5, 5.41) is 0. The van der Waals surface area contributed by atoms with Crippen LogP contribution in [0.1, 0.15) is 32.4 Å². The van der Waals surface area contributed by atoms with Crippen molar-refractivity contribution in [2.75, 3.05) is 6.54 Å². The Kier molecular flexibility index (Phi) is 4.22. The summed E-state index contributed by atoms with van der Waals surface area (Å²) in [4.78, 5) is 0. The lowest BCUT2D eigenvalue weighted by Gasteiger charge is -2.20. The van der Waals surface area contributed by atoms with Crippen LogP contribution < -0.4 is 21.3 Å². The minimum absolute atomic E-state index is 0.194. The standard InChI is InChI=1S/C14H23N3O/c1-9(2)18-12-6-4-5-11(7-12)14-13(8-15)10(3)16-17-14/h4-7,9-10,13-14,16-17H,8,15H2,1-3H3. The van der Waals surface area contributed by atoms with Gasteiger partial charge >= 0.3 is 0 Å². The average Bonchev–Trinajstić information content (AvgIpc) is 2.70. The molecule has 1 aromatic carbocycles. The van der Waals surface area contributed by atoms with E-state index in [1.165, 1.54) is 5.56 Å². The third-order valence-corrected chi connectivity index (χ3v) is 3.40. The van der Waals surface area contributed by atoms with E-state index >= 15 is 0 Å². The van der Waals surface area contributed by atoms with Crippen molar-refractivity contribution < 1.29 is 4.74 Å². The summed E-state index contributed by atoms with van der Waals surface area (Å²) in [5.74, 6) is 1.32. The van der Waals surface area contributed by atoms with Gasteiger partial charge < -0.3 is 10.5 Å². The normalized spacial score (nSPS) is 27.7. The van der Waals surface area contributed by atoms with Crippen LogP contribution in [0.2, 0.25) is 0 Å². The van der Waals surface area contributed by atoms with Crippen molar-refractivity contribution in [3.63, 3.8) is 0 Å². The van der Waals surface area contributed by atoms with Gasteiger partial charge in [-0.3, -0.25) is 5.43 Å². The summed E-state index contributed by atoms with van der Waals surface area (Å²) in [7, 11) is 0. The van der Waals surface area contributed by atoms with Crippen molar-refractivity contribution in [3.05, 3.63) is 29.8 Å². The number of nitrogens with one attached hydrogen (secondary N) is 2. The van der Waals surface area contributed by atoms with Gasteiger partial charge in [0.2, 0.25) is 0 Å². The van der Waals surface area contributed by atoms with Crippen LogP contribution in [-0.2, 0) is 0 Å². The molecule has 1 heterocycles. The fraction of sp³-hybridized carbons (Fsp3) is 0.571. The van der Waals surface area contributed by atoms with Gasteiger partial charge in [-0.15, -0.1) is 0 Å². The monoisotopic (exact) mass is 249 g/mol. The second-order valence-electron chi connectivity index (χ2n) is 5.19. The number of hydrogen-bond acceptors (Lipinski definition) is 4. The minimum atomic E-state index is 0.194. The second kappa shape index (κ2) is 5.69. The third-order valence-electron chi connectivity index (χ3n) is 3.40. The van der Waals surface area contributed by atoms with E-state index in [0.717, 1.165) is 5.75 Å². The zero-order valence-corrected chi connectivity index (χ0v) is 11.3. The molecular formula is C14H23N3O. The Morgan fingerprint density at radius 3 is 2.78 bits per heavy atom. The zero-order chi connectivity index (χ0) is 13.1. The first-order valence-electron chi connectivity index (χ1n) is 6.59. The van der Waals surface area contributed by atoms with E-state index < -0.39 is 0 Å². The first kappa shape index (κ1) is 13.3. The molecule has 1 aromatic rings. The van der Waals surface area contributed by atoms with E-state index in [0.29, 0.717) is 18.5 Å². The highest BCUT2D eigenvalue weighted by molar-refractivity contribution is 5.31. The van der Waals surface area contributed by atoms with Gasteiger partial charge in [-0.1, -0.05) is 12.1 Å². The van der Waals surface area contributed by atoms with Crippen LogP contribution in [-0.4, -0.2) is 18.7 Å². The molecule has 100 valence electrons. The van der Waals surface area contributed by atoms with Gasteiger partial charge in [-0.2, -0.15) is 0 Å². The zero-order valence-electron chi connectivity index (χ0n) is 11.3. The summed E-state index contributed by atoms with van der Waals surface area (Å²) in [6.07, 6.45) is 0.194. The number of ether oxygens (including phenoxy) is 1. The molecule has 1 aliphatic heterocycles. The minimum Gasteiger partial charge on any atom is -0.491 e. The number of hydrazine groups is 1. The number of benzene rings is 1. The van der Waals surface area contributed by atoms with Crippen LogP contribution in [0, 0.1) is 5.92 Å². The van der Waals surface area contributed by atoms with Gasteiger partial charge in [-0.05, 0) is 45.0 Å². The Hall–Kier alpha value is -1.10. The Morgan fingerprint density at radius 2 is 2.11 bits per heavy atom. The highest BCUT2D eigenvalue weighted by Crippen LogP contribution is 2.29. The first-order valence-corrected chi connectivity index (χ1v) is 6.59. The predicted molar refractivity (Wildman–Crippen MR) is 73.2 cm³/mol. The van der Waals surface area contributed by atoms with Crippen LogP contribution in [0.25, 0.3) is 0 Å². The Labute approximate surface area is 109 Å². The second-order valence-corrected chi connectivity index (χ2v) is 5.19. The summed E-state index contributed by atoms with van der Waals surface area (Å²) in [6.45, 7) is 6.89. The van der Waals surface area contributed by atoms with Crippen molar-refractivity contribution in [2.45, 2.75) is 39.0 Å². The smallest absolute Gasteiger partial charge is 0.120 e. The molecule has 0 saturated carbocycles. The van der Waals surface area contributed by atoms with Crippen molar-refractivity contribution >= 4 is 0 Å². The molecule has 3 atom stereocenters.